The number of ether oxygens (including phenoxy) is 1. The van der Waals surface area contributed by atoms with E-state index in [1.165, 1.54) is 4.90 Å². The topological polar surface area (TPSA) is 71.1 Å². The average molecular weight is 331 g/mol. The SMILES string of the molecule is CN(C)C(=O)COc1ccc(-c2c[nH]c3ncc(Cl)cc23)cn1. The Bertz CT molecular complexity index is 843. The fraction of sp³-hybridized carbons (Fsp3) is 0.188. The van der Waals surface area contributed by atoms with Crippen LogP contribution >= 0.6 is 11.6 Å². The van der Waals surface area contributed by atoms with E-state index in [1.54, 1.807) is 32.6 Å². The van der Waals surface area contributed by atoms with Gasteiger partial charge in [0.25, 0.3) is 5.91 Å². The lowest BCUT2D eigenvalue weighted by atomic mass is 10.1. The van der Waals surface area contributed by atoms with Gasteiger partial charge in [-0.3, -0.25) is 4.79 Å². The van der Waals surface area contributed by atoms with Crippen molar-refractivity contribution in [3.8, 4) is 17.0 Å². The van der Waals surface area contributed by atoms with Gasteiger partial charge in [-0.1, -0.05) is 11.6 Å². The summed E-state index contributed by atoms with van der Waals surface area (Å²) >= 11 is 6.01. The molecule has 118 valence electrons. The molecule has 0 aliphatic carbocycles. The monoisotopic (exact) mass is 330 g/mol. The second kappa shape index (κ2) is 6.26. The summed E-state index contributed by atoms with van der Waals surface area (Å²) in [4.78, 5) is 24.5. The van der Waals surface area contributed by atoms with Gasteiger partial charge in [-0.05, 0) is 12.1 Å². The van der Waals surface area contributed by atoms with Crippen molar-refractivity contribution in [3.05, 3.63) is 41.8 Å². The maximum Gasteiger partial charge on any atom is 0.260 e. The normalized spacial score (nSPS) is 10.7. The Labute approximate surface area is 138 Å². The number of H-pyrrole nitrogens is 1. The van der Waals surface area contributed by atoms with Crippen molar-refractivity contribution in [3.63, 3.8) is 0 Å². The minimum atomic E-state index is -0.117. The van der Waals surface area contributed by atoms with E-state index in [0.717, 1.165) is 22.2 Å². The molecular formula is C16H15ClN4O2. The van der Waals surface area contributed by atoms with Crippen LogP contribution in [0.4, 0.5) is 0 Å². The number of rotatable bonds is 4. The molecule has 1 N–H and O–H groups in total. The number of amides is 1. The van der Waals surface area contributed by atoms with Crippen LogP contribution in [0.3, 0.4) is 0 Å². The van der Waals surface area contributed by atoms with Crippen LogP contribution in [0.25, 0.3) is 22.2 Å². The maximum absolute atomic E-state index is 11.5. The van der Waals surface area contributed by atoms with Gasteiger partial charge in [0, 0.05) is 55.3 Å². The first-order valence-electron chi connectivity index (χ1n) is 6.96. The maximum atomic E-state index is 11.5. The number of aromatic amines is 1. The van der Waals surface area contributed by atoms with Gasteiger partial charge in [-0.15, -0.1) is 0 Å². The van der Waals surface area contributed by atoms with Gasteiger partial charge >= 0.3 is 0 Å². The largest absolute Gasteiger partial charge is 0.468 e. The van der Waals surface area contributed by atoms with Gasteiger partial charge in [0.2, 0.25) is 5.88 Å². The molecule has 0 spiro atoms. The van der Waals surface area contributed by atoms with Crippen LogP contribution in [-0.2, 0) is 4.79 Å². The minimum absolute atomic E-state index is 0.0358. The van der Waals surface area contributed by atoms with Crippen LogP contribution in [-0.4, -0.2) is 46.5 Å². The molecule has 0 aliphatic rings. The molecule has 23 heavy (non-hydrogen) atoms. The lowest BCUT2D eigenvalue weighted by Gasteiger charge is -2.10. The van der Waals surface area contributed by atoms with Crippen molar-refractivity contribution < 1.29 is 9.53 Å². The Morgan fingerprint density at radius 3 is 2.83 bits per heavy atom. The van der Waals surface area contributed by atoms with Gasteiger partial charge in [0.05, 0.1) is 5.02 Å². The zero-order chi connectivity index (χ0) is 16.4. The summed E-state index contributed by atoms with van der Waals surface area (Å²) in [5.41, 5.74) is 2.63. The van der Waals surface area contributed by atoms with Crippen molar-refractivity contribution in [1.82, 2.24) is 19.9 Å². The predicted molar refractivity (Wildman–Crippen MR) is 88.5 cm³/mol. The Hall–Kier alpha value is -2.60. The Morgan fingerprint density at radius 1 is 1.30 bits per heavy atom. The fourth-order valence-electron chi connectivity index (χ4n) is 2.11. The molecule has 1 amide bonds. The van der Waals surface area contributed by atoms with E-state index in [2.05, 4.69) is 15.0 Å². The van der Waals surface area contributed by atoms with Crippen LogP contribution in [0.15, 0.2) is 36.8 Å². The number of carbonyl (C=O) groups is 1. The second-order valence-electron chi connectivity index (χ2n) is 5.21. The molecule has 0 saturated carbocycles. The Balaban J connectivity index is 1.81. The summed E-state index contributed by atoms with van der Waals surface area (Å²) in [6.45, 7) is -0.0358. The number of likely N-dealkylation sites (N-methyl/N-ethyl adjacent to an activating group) is 1. The molecule has 0 aliphatic heterocycles. The molecule has 0 aromatic carbocycles. The van der Waals surface area contributed by atoms with E-state index < -0.39 is 0 Å². The van der Waals surface area contributed by atoms with Crippen molar-refractivity contribution in [1.29, 1.82) is 0 Å². The third-order valence-corrected chi connectivity index (χ3v) is 3.59. The molecule has 3 heterocycles. The number of halogens is 1. The Kier molecular flexibility index (Phi) is 4.16. The number of fused-ring (bicyclic) bond motifs is 1. The molecule has 3 rings (SSSR count). The van der Waals surface area contributed by atoms with Crippen molar-refractivity contribution in [2.24, 2.45) is 0 Å². The summed E-state index contributed by atoms with van der Waals surface area (Å²) < 4.78 is 5.36. The first kappa shape index (κ1) is 15.3. The number of hydrogen-bond acceptors (Lipinski definition) is 4. The standard InChI is InChI=1S/C16H15ClN4O2/c1-21(2)15(22)9-23-14-4-3-10(6-18-14)13-8-20-16-12(13)5-11(17)7-19-16/h3-8H,9H2,1-2H3,(H,19,20). The predicted octanol–water partition coefficient (Wildman–Crippen LogP) is 2.75. The molecule has 3 aromatic rings. The smallest absolute Gasteiger partial charge is 0.260 e. The summed E-state index contributed by atoms with van der Waals surface area (Å²) in [7, 11) is 3.36. The summed E-state index contributed by atoms with van der Waals surface area (Å²) in [6.07, 6.45) is 5.15. The van der Waals surface area contributed by atoms with Crippen LogP contribution in [0, 0.1) is 0 Å². The van der Waals surface area contributed by atoms with Crippen molar-refractivity contribution >= 4 is 28.5 Å². The molecule has 0 unspecified atom stereocenters. The molecule has 7 heteroatoms. The van der Waals surface area contributed by atoms with Crippen molar-refractivity contribution in [2.75, 3.05) is 20.7 Å². The third kappa shape index (κ3) is 3.27. The zero-order valence-corrected chi connectivity index (χ0v) is 13.5. The van der Waals surface area contributed by atoms with Gasteiger partial charge < -0.3 is 14.6 Å². The summed E-state index contributed by atoms with van der Waals surface area (Å²) in [6, 6.07) is 5.47. The molecule has 0 radical (unpaired) electrons. The fourth-order valence-corrected chi connectivity index (χ4v) is 2.26. The lowest BCUT2D eigenvalue weighted by molar-refractivity contribution is -0.130. The van der Waals surface area contributed by atoms with E-state index in [4.69, 9.17) is 16.3 Å². The second-order valence-corrected chi connectivity index (χ2v) is 5.65. The van der Waals surface area contributed by atoms with E-state index in [0.29, 0.717) is 10.9 Å². The van der Waals surface area contributed by atoms with Gasteiger partial charge in [0.15, 0.2) is 6.61 Å². The number of hydrogen-bond donors (Lipinski definition) is 1. The van der Waals surface area contributed by atoms with Crippen LogP contribution in [0.1, 0.15) is 0 Å². The zero-order valence-electron chi connectivity index (χ0n) is 12.7. The first-order valence-corrected chi connectivity index (χ1v) is 7.34. The Morgan fingerprint density at radius 2 is 2.13 bits per heavy atom. The quantitative estimate of drug-likeness (QED) is 0.798. The van der Waals surface area contributed by atoms with E-state index in [1.807, 2.05) is 18.3 Å². The number of pyridine rings is 2. The van der Waals surface area contributed by atoms with Crippen molar-refractivity contribution in [2.45, 2.75) is 0 Å². The molecule has 0 atom stereocenters. The highest BCUT2D eigenvalue weighted by molar-refractivity contribution is 6.31. The number of nitrogens with zero attached hydrogens (tertiary/aromatic N) is 3. The molecule has 3 aromatic heterocycles. The molecule has 0 bridgehead atoms. The van der Waals surface area contributed by atoms with E-state index in [-0.39, 0.29) is 12.5 Å². The van der Waals surface area contributed by atoms with Crippen LogP contribution in [0.5, 0.6) is 5.88 Å². The van der Waals surface area contributed by atoms with E-state index >= 15 is 0 Å². The van der Waals surface area contributed by atoms with Gasteiger partial charge in [-0.2, -0.15) is 0 Å². The summed E-state index contributed by atoms with van der Waals surface area (Å²) in [5.74, 6) is 0.285. The minimum Gasteiger partial charge on any atom is -0.468 e. The first-order chi connectivity index (χ1) is 11.0. The number of nitrogens with one attached hydrogen (secondary N) is 1. The highest BCUT2D eigenvalue weighted by Crippen LogP contribution is 2.29. The molecule has 0 fully saturated rings. The highest BCUT2D eigenvalue weighted by atomic mass is 35.5. The van der Waals surface area contributed by atoms with Crippen LogP contribution in [0.2, 0.25) is 5.02 Å². The average Bonchev–Trinajstić information content (AvgIpc) is 2.96. The molecule has 6 nitrogen and oxygen atoms in total. The van der Waals surface area contributed by atoms with E-state index in [9.17, 15) is 4.79 Å². The summed E-state index contributed by atoms with van der Waals surface area (Å²) in [5, 5.41) is 1.50. The third-order valence-electron chi connectivity index (χ3n) is 3.39. The lowest BCUT2D eigenvalue weighted by Crippen LogP contribution is -2.27. The van der Waals surface area contributed by atoms with Gasteiger partial charge in [0.1, 0.15) is 5.65 Å². The molecular weight excluding hydrogens is 316 g/mol. The highest BCUT2D eigenvalue weighted by Gasteiger charge is 2.09. The number of aromatic nitrogens is 3. The van der Waals surface area contributed by atoms with Crippen LogP contribution < -0.4 is 4.74 Å². The molecule has 0 saturated heterocycles. The number of carbonyl (C=O) groups excluding carboxylic acids is 1. The van der Waals surface area contributed by atoms with Gasteiger partial charge in [-0.25, -0.2) is 9.97 Å².